The summed E-state index contributed by atoms with van der Waals surface area (Å²) in [7, 11) is 0. The van der Waals surface area contributed by atoms with Crippen molar-refractivity contribution >= 4 is 23.0 Å². The van der Waals surface area contributed by atoms with Gasteiger partial charge >= 0.3 is 0 Å². The van der Waals surface area contributed by atoms with Crippen LogP contribution in [0.2, 0.25) is 0 Å². The summed E-state index contributed by atoms with van der Waals surface area (Å²) in [5.41, 5.74) is 6.49. The number of nitrogens with zero attached hydrogens (tertiary/aromatic N) is 2. The van der Waals surface area contributed by atoms with Crippen molar-refractivity contribution in [2.75, 3.05) is 5.32 Å². The minimum absolute atomic E-state index is 0.0257. The number of pyridine rings is 1. The summed E-state index contributed by atoms with van der Waals surface area (Å²) >= 11 is 0. The lowest BCUT2D eigenvalue weighted by Crippen LogP contribution is -2.31. The molecule has 0 spiro atoms. The SMILES string of the molecule is CC1CC(=O)NN=C1c1ccc(Nc2ccncc2)cc1. The van der Waals surface area contributed by atoms with Gasteiger partial charge in [-0.3, -0.25) is 9.78 Å². The molecule has 0 radical (unpaired) electrons. The van der Waals surface area contributed by atoms with E-state index >= 15 is 0 Å². The van der Waals surface area contributed by atoms with Gasteiger partial charge in [0.15, 0.2) is 0 Å². The molecule has 0 saturated heterocycles. The van der Waals surface area contributed by atoms with Crippen molar-refractivity contribution < 1.29 is 4.79 Å². The van der Waals surface area contributed by atoms with E-state index in [4.69, 9.17) is 0 Å². The molecule has 1 unspecified atom stereocenters. The fraction of sp³-hybridized carbons (Fsp3) is 0.188. The van der Waals surface area contributed by atoms with E-state index in [0.29, 0.717) is 6.42 Å². The molecule has 1 atom stereocenters. The molecule has 2 heterocycles. The van der Waals surface area contributed by atoms with E-state index in [0.717, 1.165) is 22.6 Å². The maximum Gasteiger partial charge on any atom is 0.240 e. The molecule has 21 heavy (non-hydrogen) atoms. The Bertz CT molecular complexity index is 664. The van der Waals surface area contributed by atoms with Gasteiger partial charge in [0.05, 0.1) is 5.71 Å². The summed E-state index contributed by atoms with van der Waals surface area (Å²) in [5, 5.41) is 7.47. The summed E-state index contributed by atoms with van der Waals surface area (Å²) in [4.78, 5) is 15.3. The monoisotopic (exact) mass is 280 g/mol. The lowest BCUT2D eigenvalue weighted by atomic mass is 9.94. The van der Waals surface area contributed by atoms with Gasteiger partial charge in [0.1, 0.15) is 0 Å². The van der Waals surface area contributed by atoms with Gasteiger partial charge in [-0.1, -0.05) is 19.1 Å². The van der Waals surface area contributed by atoms with Crippen LogP contribution in [-0.4, -0.2) is 16.6 Å². The maximum absolute atomic E-state index is 11.3. The van der Waals surface area contributed by atoms with Crippen molar-refractivity contribution in [3.8, 4) is 0 Å². The van der Waals surface area contributed by atoms with Crippen LogP contribution in [-0.2, 0) is 4.79 Å². The number of benzene rings is 1. The molecule has 1 aliphatic rings. The van der Waals surface area contributed by atoms with Crippen LogP contribution in [0, 0.1) is 5.92 Å². The first-order valence-electron chi connectivity index (χ1n) is 6.86. The second kappa shape index (κ2) is 5.75. The number of carbonyl (C=O) groups excluding carboxylic acids is 1. The van der Waals surface area contributed by atoms with Crippen molar-refractivity contribution in [1.29, 1.82) is 0 Å². The Kier molecular flexibility index (Phi) is 3.64. The molecule has 1 aliphatic heterocycles. The molecule has 1 aromatic heterocycles. The van der Waals surface area contributed by atoms with Gasteiger partial charge in [0, 0.05) is 36.1 Å². The Hall–Kier alpha value is -2.69. The molecular weight excluding hydrogens is 264 g/mol. The molecule has 0 fully saturated rings. The number of anilines is 2. The number of hydrogen-bond acceptors (Lipinski definition) is 4. The van der Waals surface area contributed by atoms with Crippen LogP contribution in [0.1, 0.15) is 18.9 Å². The predicted octanol–water partition coefficient (Wildman–Crippen LogP) is 2.69. The second-order valence-electron chi connectivity index (χ2n) is 5.08. The molecule has 0 saturated carbocycles. The fourth-order valence-electron chi connectivity index (χ4n) is 2.33. The summed E-state index contributed by atoms with van der Waals surface area (Å²) in [6.07, 6.45) is 3.98. The number of amides is 1. The lowest BCUT2D eigenvalue weighted by Gasteiger charge is -2.19. The highest BCUT2D eigenvalue weighted by Crippen LogP contribution is 2.20. The van der Waals surface area contributed by atoms with E-state index in [2.05, 4.69) is 20.8 Å². The van der Waals surface area contributed by atoms with Gasteiger partial charge in [-0.2, -0.15) is 5.10 Å². The van der Waals surface area contributed by atoms with Crippen LogP contribution >= 0.6 is 0 Å². The number of hydrazone groups is 1. The third kappa shape index (κ3) is 3.08. The molecule has 1 amide bonds. The molecule has 3 rings (SSSR count). The Morgan fingerprint density at radius 1 is 1.10 bits per heavy atom. The summed E-state index contributed by atoms with van der Waals surface area (Å²) in [6.45, 7) is 2.01. The number of aromatic nitrogens is 1. The highest BCUT2D eigenvalue weighted by atomic mass is 16.2. The number of nitrogens with one attached hydrogen (secondary N) is 2. The molecule has 0 bridgehead atoms. The van der Waals surface area contributed by atoms with Crippen LogP contribution in [0.15, 0.2) is 53.9 Å². The van der Waals surface area contributed by atoms with Gasteiger partial charge < -0.3 is 5.32 Å². The first-order valence-corrected chi connectivity index (χ1v) is 6.86. The number of carbonyl (C=O) groups is 1. The van der Waals surface area contributed by atoms with E-state index in [1.165, 1.54) is 0 Å². The molecular formula is C16H16N4O. The molecule has 2 aromatic rings. The normalized spacial score (nSPS) is 17.9. The summed E-state index contributed by atoms with van der Waals surface area (Å²) in [5.74, 6) is 0.111. The molecule has 2 N–H and O–H groups in total. The van der Waals surface area contributed by atoms with Gasteiger partial charge in [-0.25, -0.2) is 5.43 Å². The number of rotatable bonds is 3. The van der Waals surface area contributed by atoms with E-state index in [1.54, 1.807) is 12.4 Å². The first kappa shape index (κ1) is 13.3. The standard InChI is InChI=1S/C16H16N4O/c1-11-10-15(21)19-20-16(11)12-2-4-13(5-3-12)18-14-6-8-17-9-7-14/h2-9,11H,10H2,1H3,(H,17,18)(H,19,21). The first-order chi connectivity index (χ1) is 10.2. The molecule has 0 aliphatic carbocycles. The van der Waals surface area contributed by atoms with Crippen molar-refractivity contribution in [3.63, 3.8) is 0 Å². The topological polar surface area (TPSA) is 66.4 Å². The van der Waals surface area contributed by atoms with E-state index in [1.807, 2.05) is 43.3 Å². The van der Waals surface area contributed by atoms with Gasteiger partial charge in [-0.05, 0) is 29.8 Å². The van der Waals surface area contributed by atoms with Gasteiger partial charge in [0.25, 0.3) is 0 Å². The van der Waals surface area contributed by atoms with Crippen molar-refractivity contribution in [1.82, 2.24) is 10.4 Å². The van der Waals surface area contributed by atoms with Crippen LogP contribution in [0.4, 0.5) is 11.4 Å². The average molecular weight is 280 g/mol. The zero-order valence-corrected chi connectivity index (χ0v) is 11.7. The third-order valence-electron chi connectivity index (χ3n) is 3.41. The highest BCUT2D eigenvalue weighted by molar-refractivity contribution is 6.05. The van der Waals surface area contributed by atoms with Crippen LogP contribution < -0.4 is 10.7 Å². The highest BCUT2D eigenvalue weighted by Gasteiger charge is 2.21. The fourth-order valence-corrected chi connectivity index (χ4v) is 2.33. The molecule has 5 nitrogen and oxygen atoms in total. The minimum Gasteiger partial charge on any atom is -0.355 e. The Labute approximate surface area is 123 Å². The van der Waals surface area contributed by atoms with Crippen molar-refractivity contribution in [2.45, 2.75) is 13.3 Å². The van der Waals surface area contributed by atoms with E-state index < -0.39 is 0 Å². The molecule has 5 heteroatoms. The Morgan fingerprint density at radius 2 is 1.76 bits per heavy atom. The third-order valence-corrected chi connectivity index (χ3v) is 3.41. The summed E-state index contributed by atoms with van der Waals surface area (Å²) in [6, 6.07) is 11.9. The van der Waals surface area contributed by atoms with E-state index in [-0.39, 0.29) is 11.8 Å². The minimum atomic E-state index is -0.0257. The molecule has 106 valence electrons. The van der Waals surface area contributed by atoms with Crippen LogP contribution in [0.3, 0.4) is 0 Å². The molecule has 1 aromatic carbocycles. The number of hydrogen-bond donors (Lipinski definition) is 2. The van der Waals surface area contributed by atoms with Crippen LogP contribution in [0.5, 0.6) is 0 Å². The van der Waals surface area contributed by atoms with Gasteiger partial charge in [0.2, 0.25) is 5.91 Å². The average Bonchev–Trinajstić information content (AvgIpc) is 2.49. The van der Waals surface area contributed by atoms with Gasteiger partial charge in [-0.15, -0.1) is 0 Å². The second-order valence-corrected chi connectivity index (χ2v) is 5.08. The van der Waals surface area contributed by atoms with E-state index in [9.17, 15) is 4.79 Å². The van der Waals surface area contributed by atoms with Crippen molar-refractivity contribution in [2.24, 2.45) is 11.0 Å². The van der Waals surface area contributed by atoms with Crippen LogP contribution in [0.25, 0.3) is 0 Å². The predicted molar refractivity (Wildman–Crippen MR) is 82.4 cm³/mol. The smallest absolute Gasteiger partial charge is 0.240 e. The Morgan fingerprint density at radius 3 is 2.43 bits per heavy atom. The lowest BCUT2D eigenvalue weighted by molar-refractivity contribution is -0.121. The Balaban J connectivity index is 1.77. The zero-order valence-electron chi connectivity index (χ0n) is 11.7. The maximum atomic E-state index is 11.3. The quantitative estimate of drug-likeness (QED) is 0.908. The largest absolute Gasteiger partial charge is 0.355 e. The summed E-state index contributed by atoms with van der Waals surface area (Å²) < 4.78 is 0. The van der Waals surface area contributed by atoms with Crippen molar-refractivity contribution in [3.05, 3.63) is 54.4 Å². The zero-order chi connectivity index (χ0) is 14.7.